The van der Waals surface area contributed by atoms with Crippen LogP contribution in [0.2, 0.25) is 0 Å². The summed E-state index contributed by atoms with van der Waals surface area (Å²) in [6.45, 7) is 4.37. The standard InChI is InChI=1S/C13H17FN2O2/c1-3-17-8(2)12(16-15)11-7-9-5-4-6-10(14)13(9)18-11/h4-8,12,16H,3,15H2,1-2H3. The molecule has 0 bridgehead atoms. The zero-order valence-electron chi connectivity index (χ0n) is 10.4. The SMILES string of the molecule is CCOC(C)C(NN)c1cc2cccc(F)c2o1. The molecule has 1 aromatic heterocycles. The fourth-order valence-corrected chi connectivity index (χ4v) is 2.01. The van der Waals surface area contributed by atoms with E-state index in [0.29, 0.717) is 17.8 Å². The van der Waals surface area contributed by atoms with Gasteiger partial charge in [0, 0.05) is 12.0 Å². The summed E-state index contributed by atoms with van der Waals surface area (Å²) >= 11 is 0. The molecule has 0 fully saturated rings. The van der Waals surface area contributed by atoms with E-state index in [2.05, 4.69) is 5.43 Å². The zero-order valence-corrected chi connectivity index (χ0v) is 10.4. The average molecular weight is 252 g/mol. The van der Waals surface area contributed by atoms with Crippen molar-refractivity contribution in [3.63, 3.8) is 0 Å². The molecule has 0 aliphatic carbocycles. The van der Waals surface area contributed by atoms with Crippen LogP contribution < -0.4 is 11.3 Å². The molecule has 1 aromatic carbocycles. The Hall–Kier alpha value is -1.43. The van der Waals surface area contributed by atoms with Crippen molar-refractivity contribution in [3.05, 3.63) is 35.8 Å². The van der Waals surface area contributed by atoms with E-state index in [-0.39, 0.29) is 23.5 Å². The minimum absolute atomic E-state index is 0.163. The van der Waals surface area contributed by atoms with Gasteiger partial charge in [-0.2, -0.15) is 0 Å². The lowest BCUT2D eigenvalue weighted by atomic mass is 10.1. The van der Waals surface area contributed by atoms with Crippen molar-refractivity contribution in [2.75, 3.05) is 6.61 Å². The number of rotatable bonds is 5. The average Bonchev–Trinajstić information content (AvgIpc) is 2.75. The molecule has 0 amide bonds. The first-order valence-electron chi connectivity index (χ1n) is 5.93. The molecule has 0 spiro atoms. The monoisotopic (exact) mass is 252 g/mol. The highest BCUT2D eigenvalue weighted by molar-refractivity contribution is 5.78. The maximum atomic E-state index is 13.5. The summed E-state index contributed by atoms with van der Waals surface area (Å²) in [6, 6.07) is 6.28. The molecule has 5 heteroatoms. The van der Waals surface area contributed by atoms with E-state index < -0.39 is 0 Å². The van der Waals surface area contributed by atoms with Gasteiger partial charge >= 0.3 is 0 Å². The third-order valence-corrected chi connectivity index (χ3v) is 2.90. The molecule has 18 heavy (non-hydrogen) atoms. The Bertz CT molecular complexity index is 527. The molecule has 0 saturated heterocycles. The van der Waals surface area contributed by atoms with Crippen LogP contribution in [0.5, 0.6) is 0 Å². The van der Waals surface area contributed by atoms with Crippen molar-refractivity contribution in [2.24, 2.45) is 5.84 Å². The molecule has 3 N–H and O–H groups in total. The normalized spacial score (nSPS) is 14.9. The summed E-state index contributed by atoms with van der Waals surface area (Å²) in [5.41, 5.74) is 2.89. The maximum absolute atomic E-state index is 13.5. The molecule has 2 rings (SSSR count). The molecule has 2 aromatic rings. The number of halogens is 1. The molecule has 2 unspecified atom stereocenters. The minimum Gasteiger partial charge on any atom is -0.456 e. The highest BCUT2D eigenvalue weighted by Gasteiger charge is 2.22. The van der Waals surface area contributed by atoms with Gasteiger partial charge in [0.2, 0.25) is 0 Å². The number of nitrogens with one attached hydrogen (secondary N) is 1. The Morgan fingerprint density at radius 1 is 1.50 bits per heavy atom. The summed E-state index contributed by atoms with van der Waals surface area (Å²) in [5.74, 6) is 5.70. The number of para-hydroxylation sites is 1. The molecule has 0 saturated carbocycles. The van der Waals surface area contributed by atoms with Gasteiger partial charge in [-0.25, -0.2) is 9.82 Å². The number of nitrogens with two attached hydrogens (primary N) is 1. The molecule has 0 aliphatic heterocycles. The quantitative estimate of drug-likeness (QED) is 0.634. The van der Waals surface area contributed by atoms with E-state index >= 15 is 0 Å². The van der Waals surface area contributed by atoms with Gasteiger partial charge in [-0.1, -0.05) is 12.1 Å². The summed E-state index contributed by atoms with van der Waals surface area (Å²) in [6.07, 6.45) is -0.163. The number of hydrogen-bond donors (Lipinski definition) is 2. The predicted octanol–water partition coefficient (Wildman–Crippen LogP) is 2.50. The van der Waals surface area contributed by atoms with Crippen molar-refractivity contribution < 1.29 is 13.5 Å². The first-order valence-corrected chi connectivity index (χ1v) is 5.93. The number of hydrogen-bond acceptors (Lipinski definition) is 4. The second kappa shape index (κ2) is 5.48. The largest absolute Gasteiger partial charge is 0.456 e. The van der Waals surface area contributed by atoms with E-state index in [0.717, 1.165) is 0 Å². The predicted molar refractivity (Wildman–Crippen MR) is 67.3 cm³/mol. The van der Waals surface area contributed by atoms with Crippen LogP contribution in [0.1, 0.15) is 25.6 Å². The van der Waals surface area contributed by atoms with Gasteiger partial charge < -0.3 is 9.15 Å². The van der Waals surface area contributed by atoms with Crippen molar-refractivity contribution in [2.45, 2.75) is 26.0 Å². The molecule has 1 heterocycles. The van der Waals surface area contributed by atoms with Crippen LogP contribution in [-0.4, -0.2) is 12.7 Å². The Kier molecular flexibility index (Phi) is 3.96. The highest BCUT2D eigenvalue weighted by atomic mass is 19.1. The molecule has 4 nitrogen and oxygen atoms in total. The second-order valence-electron chi connectivity index (χ2n) is 4.11. The molecule has 0 radical (unpaired) electrons. The van der Waals surface area contributed by atoms with Crippen LogP contribution in [-0.2, 0) is 4.74 Å². The van der Waals surface area contributed by atoms with Gasteiger partial charge in [0.1, 0.15) is 11.8 Å². The summed E-state index contributed by atoms with van der Waals surface area (Å²) in [4.78, 5) is 0. The second-order valence-corrected chi connectivity index (χ2v) is 4.11. The van der Waals surface area contributed by atoms with Crippen LogP contribution in [0.25, 0.3) is 11.0 Å². The lowest BCUT2D eigenvalue weighted by molar-refractivity contribution is 0.0418. The van der Waals surface area contributed by atoms with Gasteiger partial charge in [-0.05, 0) is 26.0 Å². The Balaban J connectivity index is 2.37. The Labute approximate surface area is 105 Å². The summed E-state index contributed by atoms with van der Waals surface area (Å²) < 4.78 is 24.5. The van der Waals surface area contributed by atoms with Crippen molar-refractivity contribution >= 4 is 11.0 Å². The topological polar surface area (TPSA) is 60.4 Å². The van der Waals surface area contributed by atoms with Crippen LogP contribution in [0.4, 0.5) is 4.39 Å². The third-order valence-electron chi connectivity index (χ3n) is 2.90. The number of furan rings is 1. The number of hydrazine groups is 1. The van der Waals surface area contributed by atoms with Crippen molar-refractivity contribution in [3.8, 4) is 0 Å². The van der Waals surface area contributed by atoms with E-state index in [1.807, 2.05) is 13.8 Å². The van der Waals surface area contributed by atoms with Crippen LogP contribution in [0.3, 0.4) is 0 Å². The molecule has 0 aliphatic rings. The smallest absolute Gasteiger partial charge is 0.169 e. The van der Waals surface area contributed by atoms with E-state index in [4.69, 9.17) is 15.0 Å². The van der Waals surface area contributed by atoms with Crippen LogP contribution >= 0.6 is 0 Å². The molecule has 98 valence electrons. The molecular weight excluding hydrogens is 235 g/mol. The number of benzene rings is 1. The first-order chi connectivity index (χ1) is 8.67. The van der Waals surface area contributed by atoms with Gasteiger partial charge in [0.05, 0.1) is 6.10 Å². The fourth-order valence-electron chi connectivity index (χ4n) is 2.01. The van der Waals surface area contributed by atoms with Crippen LogP contribution in [0, 0.1) is 5.82 Å². The first kappa shape index (κ1) is 13.0. The van der Waals surface area contributed by atoms with E-state index in [9.17, 15) is 4.39 Å². The number of fused-ring (bicyclic) bond motifs is 1. The number of ether oxygens (including phenoxy) is 1. The van der Waals surface area contributed by atoms with Gasteiger partial charge in [-0.3, -0.25) is 5.84 Å². The van der Waals surface area contributed by atoms with Crippen LogP contribution in [0.15, 0.2) is 28.7 Å². The van der Waals surface area contributed by atoms with E-state index in [1.165, 1.54) is 6.07 Å². The third kappa shape index (κ3) is 2.38. The molecule has 2 atom stereocenters. The zero-order chi connectivity index (χ0) is 13.1. The van der Waals surface area contributed by atoms with Crippen molar-refractivity contribution in [1.82, 2.24) is 5.43 Å². The summed E-state index contributed by atoms with van der Waals surface area (Å²) in [7, 11) is 0. The van der Waals surface area contributed by atoms with Gasteiger partial charge in [-0.15, -0.1) is 0 Å². The van der Waals surface area contributed by atoms with E-state index in [1.54, 1.807) is 18.2 Å². The molecular formula is C13H17FN2O2. The Morgan fingerprint density at radius 3 is 2.89 bits per heavy atom. The summed E-state index contributed by atoms with van der Waals surface area (Å²) in [5, 5.41) is 0.717. The lowest BCUT2D eigenvalue weighted by Gasteiger charge is -2.20. The van der Waals surface area contributed by atoms with Gasteiger partial charge in [0.15, 0.2) is 11.4 Å². The lowest BCUT2D eigenvalue weighted by Crippen LogP contribution is -2.36. The van der Waals surface area contributed by atoms with Crippen molar-refractivity contribution in [1.29, 1.82) is 0 Å². The van der Waals surface area contributed by atoms with Gasteiger partial charge in [0.25, 0.3) is 0 Å². The maximum Gasteiger partial charge on any atom is 0.169 e. The Morgan fingerprint density at radius 2 is 2.28 bits per heavy atom. The minimum atomic E-state index is -0.376. The fraction of sp³-hybridized carbons (Fsp3) is 0.385. The highest BCUT2D eigenvalue weighted by Crippen LogP contribution is 2.27.